The molecule has 3 fully saturated rings. The fourth-order valence-corrected chi connectivity index (χ4v) is 5.47. The summed E-state index contributed by atoms with van der Waals surface area (Å²) < 4.78 is 0. The second-order valence-corrected chi connectivity index (χ2v) is 8.77. The number of nitrogens with one attached hydrogen (secondary N) is 1. The molecule has 2 aliphatic carbocycles. The maximum absolute atomic E-state index is 13.6. The molecule has 2 saturated carbocycles. The highest BCUT2D eigenvalue weighted by Gasteiger charge is 2.75. The second-order valence-electron chi connectivity index (χ2n) is 8.33. The van der Waals surface area contributed by atoms with Crippen molar-refractivity contribution in [3.63, 3.8) is 0 Å². The number of rotatable bonds is 4. The molecule has 2 aromatic heterocycles. The van der Waals surface area contributed by atoms with E-state index in [-0.39, 0.29) is 23.4 Å². The van der Waals surface area contributed by atoms with E-state index in [0.717, 1.165) is 18.5 Å². The Bertz CT molecular complexity index is 1120. The molecule has 150 valence electrons. The van der Waals surface area contributed by atoms with Gasteiger partial charge in [0, 0.05) is 24.5 Å². The number of amides is 1. The van der Waals surface area contributed by atoms with Crippen LogP contribution < -0.4 is 5.32 Å². The first kappa shape index (κ1) is 17.8. The molecule has 1 amide bonds. The average molecular weight is 419 g/mol. The van der Waals surface area contributed by atoms with Crippen LogP contribution in [0.25, 0.3) is 11.4 Å². The van der Waals surface area contributed by atoms with Gasteiger partial charge in [-0.25, -0.2) is 19.9 Å². The third-order valence-corrected chi connectivity index (χ3v) is 6.96. The van der Waals surface area contributed by atoms with E-state index in [9.17, 15) is 4.79 Å². The lowest BCUT2D eigenvalue weighted by molar-refractivity contribution is 0.0471. The van der Waals surface area contributed by atoms with Gasteiger partial charge in [0.15, 0.2) is 5.82 Å². The fourth-order valence-electron chi connectivity index (χ4n) is 5.37. The molecular formula is C22H19ClN6O. The van der Waals surface area contributed by atoms with E-state index in [4.69, 9.17) is 11.6 Å². The Morgan fingerprint density at radius 3 is 2.63 bits per heavy atom. The highest BCUT2D eigenvalue weighted by atomic mass is 35.5. The lowest BCUT2D eigenvalue weighted by Crippen LogP contribution is -2.60. The van der Waals surface area contributed by atoms with Crippen molar-refractivity contribution in [3.8, 4) is 11.4 Å². The van der Waals surface area contributed by atoms with Gasteiger partial charge in [0.2, 0.25) is 5.95 Å². The Morgan fingerprint density at radius 1 is 1.07 bits per heavy atom. The summed E-state index contributed by atoms with van der Waals surface area (Å²) in [6.45, 7) is 0.799. The van der Waals surface area contributed by atoms with Crippen LogP contribution in [-0.4, -0.2) is 49.4 Å². The third kappa shape index (κ3) is 2.61. The molecule has 3 aromatic rings. The zero-order chi connectivity index (χ0) is 20.3. The van der Waals surface area contributed by atoms with Gasteiger partial charge in [0.05, 0.1) is 35.1 Å². The average Bonchev–Trinajstić information content (AvgIpc) is 3.43. The molecule has 1 aromatic carbocycles. The standard InChI is InChI=1S/C22H19ClN6O/c23-14-10-26-21(27-11-14)28-17-9-22-8-13(22)12-29(18(17)22)20(30)16-5-2-1-4-15(16)19-24-6-3-7-25-19/h1-7,10-11,13,17-18H,8-9,12H2,(H,26,27,28). The molecular weight excluding hydrogens is 400 g/mol. The predicted molar refractivity (Wildman–Crippen MR) is 112 cm³/mol. The summed E-state index contributed by atoms with van der Waals surface area (Å²) in [4.78, 5) is 32.9. The summed E-state index contributed by atoms with van der Waals surface area (Å²) in [5, 5.41) is 3.92. The van der Waals surface area contributed by atoms with Crippen LogP contribution in [0.4, 0.5) is 5.95 Å². The number of likely N-dealkylation sites (tertiary alicyclic amines) is 1. The first-order valence-corrected chi connectivity index (χ1v) is 10.4. The van der Waals surface area contributed by atoms with Crippen molar-refractivity contribution >= 4 is 23.5 Å². The maximum atomic E-state index is 13.6. The molecule has 4 unspecified atom stereocenters. The molecule has 0 bridgehead atoms. The van der Waals surface area contributed by atoms with Crippen molar-refractivity contribution in [1.29, 1.82) is 0 Å². The fraction of sp³-hybridized carbons (Fsp3) is 0.318. The molecule has 3 heterocycles. The summed E-state index contributed by atoms with van der Waals surface area (Å²) in [7, 11) is 0. The minimum Gasteiger partial charge on any atom is -0.349 e. The number of carbonyl (C=O) groups excluding carboxylic acids is 1. The van der Waals surface area contributed by atoms with E-state index in [1.54, 1.807) is 30.9 Å². The highest BCUT2D eigenvalue weighted by molar-refractivity contribution is 6.30. The molecule has 1 aliphatic heterocycles. The zero-order valence-electron chi connectivity index (χ0n) is 16.1. The summed E-state index contributed by atoms with van der Waals surface area (Å²) >= 11 is 5.90. The number of carbonyl (C=O) groups is 1. The van der Waals surface area contributed by atoms with Gasteiger partial charge in [-0.15, -0.1) is 0 Å². The van der Waals surface area contributed by atoms with Crippen LogP contribution in [0.1, 0.15) is 23.2 Å². The Hall–Kier alpha value is -3.06. The van der Waals surface area contributed by atoms with Crippen LogP contribution in [0.2, 0.25) is 5.02 Å². The molecule has 6 rings (SSSR count). The second kappa shape index (κ2) is 6.47. The van der Waals surface area contributed by atoms with Gasteiger partial charge in [0.1, 0.15) is 0 Å². The zero-order valence-corrected chi connectivity index (χ0v) is 16.8. The number of aromatic nitrogens is 4. The van der Waals surface area contributed by atoms with Crippen molar-refractivity contribution in [3.05, 3.63) is 65.7 Å². The Labute approximate surface area is 178 Å². The number of anilines is 1. The van der Waals surface area contributed by atoms with Crippen molar-refractivity contribution < 1.29 is 4.79 Å². The van der Waals surface area contributed by atoms with E-state index in [1.165, 1.54) is 6.42 Å². The van der Waals surface area contributed by atoms with Crippen LogP contribution in [0.5, 0.6) is 0 Å². The van der Waals surface area contributed by atoms with Gasteiger partial charge < -0.3 is 10.2 Å². The van der Waals surface area contributed by atoms with Crippen LogP contribution in [0, 0.1) is 11.3 Å². The molecule has 8 heteroatoms. The van der Waals surface area contributed by atoms with Gasteiger partial charge in [-0.05, 0) is 36.3 Å². The summed E-state index contributed by atoms with van der Waals surface area (Å²) in [5.74, 6) is 1.75. The van der Waals surface area contributed by atoms with Gasteiger partial charge in [-0.1, -0.05) is 29.8 Å². The van der Waals surface area contributed by atoms with Crippen molar-refractivity contribution in [2.45, 2.75) is 24.9 Å². The van der Waals surface area contributed by atoms with Gasteiger partial charge in [0.25, 0.3) is 5.91 Å². The third-order valence-electron chi connectivity index (χ3n) is 6.76. The molecule has 1 saturated heterocycles. The smallest absolute Gasteiger partial charge is 0.254 e. The number of hydrogen-bond donors (Lipinski definition) is 1. The van der Waals surface area contributed by atoms with Crippen molar-refractivity contribution in [2.24, 2.45) is 11.3 Å². The number of benzene rings is 1. The summed E-state index contributed by atoms with van der Waals surface area (Å²) in [6.07, 6.45) is 8.80. The quantitative estimate of drug-likeness (QED) is 0.699. The van der Waals surface area contributed by atoms with E-state index >= 15 is 0 Å². The van der Waals surface area contributed by atoms with Crippen LogP contribution in [-0.2, 0) is 0 Å². The number of hydrogen-bond acceptors (Lipinski definition) is 6. The highest BCUT2D eigenvalue weighted by Crippen LogP contribution is 2.71. The number of halogens is 1. The Balaban J connectivity index is 1.29. The van der Waals surface area contributed by atoms with Gasteiger partial charge in [-0.3, -0.25) is 4.79 Å². The van der Waals surface area contributed by atoms with Crippen molar-refractivity contribution in [2.75, 3.05) is 11.9 Å². The first-order valence-electron chi connectivity index (χ1n) is 10.1. The van der Waals surface area contributed by atoms with Gasteiger partial charge in [-0.2, -0.15) is 0 Å². The molecule has 4 atom stereocenters. The van der Waals surface area contributed by atoms with E-state index < -0.39 is 0 Å². The maximum Gasteiger partial charge on any atom is 0.254 e. The van der Waals surface area contributed by atoms with Crippen LogP contribution in [0.3, 0.4) is 0 Å². The minimum absolute atomic E-state index is 0.0400. The van der Waals surface area contributed by atoms with Crippen molar-refractivity contribution in [1.82, 2.24) is 24.8 Å². The predicted octanol–water partition coefficient (Wildman–Crippen LogP) is 3.30. The first-order chi connectivity index (χ1) is 14.7. The van der Waals surface area contributed by atoms with Crippen LogP contribution in [0.15, 0.2) is 55.1 Å². The Kier molecular flexibility index (Phi) is 3.83. The lowest BCUT2D eigenvalue weighted by Gasteiger charge is -2.48. The molecule has 7 nitrogen and oxygen atoms in total. The van der Waals surface area contributed by atoms with Gasteiger partial charge >= 0.3 is 0 Å². The summed E-state index contributed by atoms with van der Waals surface area (Å²) in [5.41, 5.74) is 1.67. The summed E-state index contributed by atoms with van der Waals surface area (Å²) in [6, 6.07) is 9.65. The largest absolute Gasteiger partial charge is 0.349 e. The number of nitrogens with zero attached hydrogens (tertiary/aromatic N) is 5. The normalized spacial score (nSPS) is 28.3. The Morgan fingerprint density at radius 2 is 1.83 bits per heavy atom. The molecule has 30 heavy (non-hydrogen) atoms. The molecule has 1 spiro atoms. The molecule has 3 aliphatic rings. The van der Waals surface area contributed by atoms with E-state index in [1.807, 2.05) is 29.2 Å². The lowest BCUT2D eigenvalue weighted by atomic mass is 9.71. The molecule has 1 N–H and O–H groups in total. The number of piperidine rings is 1. The van der Waals surface area contributed by atoms with E-state index in [2.05, 4.69) is 25.3 Å². The minimum atomic E-state index is 0.0400. The van der Waals surface area contributed by atoms with Crippen LogP contribution >= 0.6 is 11.6 Å². The SMILES string of the molecule is O=C(c1ccccc1-c1ncccn1)N1CC2CC23CC(Nc2ncc(Cl)cn2)C13. The van der Waals surface area contributed by atoms with E-state index in [0.29, 0.717) is 28.3 Å². The topological polar surface area (TPSA) is 83.9 Å². The molecule has 0 radical (unpaired) electrons. The monoisotopic (exact) mass is 418 g/mol.